The van der Waals surface area contributed by atoms with E-state index >= 15 is 0 Å². The van der Waals surface area contributed by atoms with E-state index in [1.807, 2.05) is 41.8 Å². The number of urea groups is 1. The van der Waals surface area contributed by atoms with Crippen molar-refractivity contribution >= 4 is 33.9 Å². The summed E-state index contributed by atoms with van der Waals surface area (Å²) in [4.78, 5) is 20.8. The zero-order valence-corrected chi connectivity index (χ0v) is 16.3. The molecule has 144 valence electrons. The number of carbonyl (C=O) groups excluding carboxylic acids is 1. The fourth-order valence-corrected chi connectivity index (χ4v) is 4.09. The van der Waals surface area contributed by atoms with Gasteiger partial charge in [0.25, 0.3) is 0 Å². The van der Waals surface area contributed by atoms with Crippen molar-refractivity contribution in [1.29, 1.82) is 0 Å². The molecule has 4 rings (SSSR count). The Morgan fingerprint density at radius 2 is 1.68 bits per heavy atom. The van der Waals surface area contributed by atoms with Crippen LogP contribution in [-0.2, 0) is 0 Å². The van der Waals surface area contributed by atoms with E-state index in [9.17, 15) is 4.79 Å². The van der Waals surface area contributed by atoms with Crippen LogP contribution in [0.4, 0.5) is 21.3 Å². The van der Waals surface area contributed by atoms with Gasteiger partial charge < -0.3 is 16.0 Å². The first-order valence-electron chi connectivity index (χ1n) is 9.57. The van der Waals surface area contributed by atoms with Gasteiger partial charge in [-0.2, -0.15) is 0 Å². The average molecular weight is 394 g/mol. The average Bonchev–Trinajstić information content (AvgIpc) is 3.19. The quantitative estimate of drug-likeness (QED) is 0.542. The first kappa shape index (κ1) is 18.4. The van der Waals surface area contributed by atoms with Crippen LogP contribution < -0.4 is 16.0 Å². The molecule has 0 bridgehead atoms. The number of carbonyl (C=O) groups is 1. The topological polar surface area (TPSA) is 78.9 Å². The molecule has 0 saturated heterocycles. The van der Waals surface area contributed by atoms with Crippen molar-refractivity contribution in [3.63, 3.8) is 0 Å². The lowest BCUT2D eigenvalue weighted by molar-refractivity contribution is 0.244. The minimum Gasteiger partial charge on any atom is -0.335 e. The Kier molecular flexibility index (Phi) is 5.82. The minimum absolute atomic E-state index is 0.130. The van der Waals surface area contributed by atoms with Gasteiger partial charge in [-0.3, -0.25) is 4.98 Å². The van der Waals surface area contributed by atoms with Gasteiger partial charge in [0.1, 0.15) is 0 Å². The molecule has 2 amide bonds. The second kappa shape index (κ2) is 8.84. The monoisotopic (exact) mass is 393 g/mol. The number of anilines is 3. The molecule has 6 nitrogen and oxygen atoms in total. The van der Waals surface area contributed by atoms with Crippen LogP contribution in [0.2, 0.25) is 0 Å². The Morgan fingerprint density at radius 1 is 0.964 bits per heavy atom. The van der Waals surface area contributed by atoms with Crippen molar-refractivity contribution < 1.29 is 4.79 Å². The number of nitrogens with one attached hydrogen (secondary N) is 3. The van der Waals surface area contributed by atoms with Crippen LogP contribution in [0.15, 0.2) is 54.2 Å². The zero-order valence-electron chi connectivity index (χ0n) is 15.5. The molecule has 3 N–H and O–H groups in total. The maximum atomic E-state index is 12.1. The number of benzene rings is 1. The predicted molar refractivity (Wildman–Crippen MR) is 114 cm³/mol. The first-order valence-corrected chi connectivity index (χ1v) is 10.4. The van der Waals surface area contributed by atoms with Gasteiger partial charge in [0, 0.05) is 40.8 Å². The summed E-state index contributed by atoms with van der Waals surface area (Å²) in [5.74, 6) is 0. The van der Waals surface area contributed by atoms with Crippen LogP contribution in [0.1, 0.15) is 32.1 Å². The van der Waals surface area contributed by atoms with Crippen molar-refractivity contribution in [2.75, 3.05) is 10.6 Å². The van der Waals surface area contributed by atoms with E-state index < -0.39 is 0 Å². The number of hydrogen-bond donors (Lipinski definition) is 3. The van der Waals surface area contributed by atoms with Crippen molar-refractivity contribution in [3.8, 4) is 11.3 Å². The van der Waals surface area contributed by atoms with E-state index in [-0.39, 0.29) is 6.03 Å². The van der Waals surface area contributed by atoms with Gasteiger partial charge in [-0.05, 0) is 49.2 Å². The van der Waals surface area contributed by atoms with Crippen LogP contribution in [0.3, 0.4) is 0 Å². The summed E-state index contributed by atoms with van der Waals surface area (Å²) >= 11 is 1.55. The molecule has 3 aromatic rings. The normalized spacial score (nSPS) is 14.4. The van der Waals surface area contributed by atoms with Gasteiger partial charge in [0.15, 0.2) is 5.13 Å². The molecule has 1 aromatic carbocycles. The van der Waals surface area contributed by atoms with Gasteiger partial charge in [-0.1, -0.05) is 19.3 Å². The molecule has 1 fully saturated rings. The summed E-state index contributed by atoms with van der Waals surface area (Å²) in [5, 5.41) is 12.1. The summed E-state index contributed by atoms with van der Waals surface area (Å²) in [6.45, 7) is 0. The third-order valence-corrected chi connectivity index (χ3v) is 5.57. The Labute approximate surface area is 168 Å². The number of hydrogen-bond acceptors (Lipinski definition) is 5. The van der Waals surface area contributed by atoms with E-state index in [2.05, 4.69) is 25.9 Å². The number of rotatable bonds is 5. The summed E-state index contributed by atoms with van der Waals surface area (Å²) in [7, 11) is 0. The molecule has 0 spiro atoms. The molecule has 0 aliphatic heterocycles. The van der Waals surface area contributed by atoms with Crippen LogP contribution in [-0.4, -0.2) is 22.0 Å². The van der Waals surface area contributed by atoms with Gasteiger partial charge >= 0.3 is 6.03 Å². The Hall–Kier alpha value is -2.93. The van der Waals surface area contributed by atoms with E-state index in [1.165, 1.54) is 19.3 Å². The molecule has 7 heteroatoms. The number of pyridine rings is 1. The van der Waals surface area contributed by atoms with E-state index in [1.54, 1.807) is 23.7 Å². The van der Waals surface area contributed by atoms with E-state index in [0.717, 1.165) is 40.6 Å². The lowest BCUT2D eigenvalue weighted by Crippen LogP contribution is -2.38. The van der Waals surface area contributed by atoms with Crippen LogP contribution in [0.5, 0.6) is 0 Å². The molecular formula is C21H23N5OS. The molecule has 28 heavy (non-hydrogen) atoms. The molecule has 2 aromatic heterocycles. The molecule has 0 atom stereocenters. The fourth-order valence-electron chi connectivity index (χ4n) is 3.35. The summed E-state index contributed by atoms with van der Waals surface area (Å²) in [6.07, 6.45) is 9.35. The van der Waals surface area contributed by atoms with Crippen molar-refractivity contribution in [1.82, 2.24) is 15.3 Å². The van der Waals surface area contributed by atoms with Crippen molar-refractivity contribution in [3.05, 3.63) is 54.2 Å². The second-order valence-electron chi connectivity index (χ2n) is 6.91. The molecule has 1 aliphatic rings. The number of aromatic nitrogens is 2. The van der Waals surface area contributed by atoms with Crippen LogP contribution in [0.25, 0.3) is 11.3 Å². The third kappa shape index (κ3) is 4.86. The zero-order chi connectivity index (χ0) is 19.2. The molecule has 0 radical (unpaired) electrons. The fraction of sp³-hybridized carbons (Fsp3) is 0.286. The number of thiazole rings is 1. The molecular weight excluding hydrogens is 370 g/mol. The second-order valence-corrected chi connectivity index (χ2v) is 7.77. The SMILES string of the molecule is O=C(Nc1ccc(Nc2nc(-c3ccncc3)cs2)cc1)NC1CCCCC1. The standard InChI is InChI=1S/C21H23N5OS/c27-20(23-16-4-2-1-3-5-16)24-17-6-8-18(9-7-17)25-21-26-19(14-28-21)15-10-12-22-13-11-15/h6-14,16H,1-5H2,(H,25,26)(H2,23,24,27). The number of nitrogens with zero attached hydrogens (tertiary/aromatic N) is 2. The molecule has 0 unspecified atom stereocenters. The summed E-state index contributed by atoms with van der Waals surface area (Å²) < 4.78 is 0. The largest absolute Gasteiger partial charge is 0.335 e. The Morgan fingerprint density at radius 3 is 2.43 bits per heavy atom. The predicted octanol–water partition coefficient (Wildman–Crippen LogP) is 5.40. The highest BCUT2D eigenvalue weighted by molar-refractivity contribution is 7.14. The van der Waals surface area contributed by atoms with E-state index in [0.29, 0.717) is 6.04 Å². The first-order chi connectivity index (χ1) is 13.8. The lowest BCUT2D eigenvalue weighted by atomic mass is 9.96. The lowest BCUT2D eigenvalue weighted by Gasteiger charge is -2.22. The van der Waals surface area contributed by atoms with Crippen LogP contribution in [0, 0.1) is 0 Å². The summed E-state index contributed by atoms with van der Waals surface area (Å²) in [6, 6.07) is 11.7. The highest BCUT2D eigenvalue weighted by Crippen LogP contribution is 2.27. The Balaban J connectivity index is 1.32. The van der Waals surface area contributed by atoms with Gasteiger partial charge in [0.2, 0.25) is 0 Å². The summed E-state index contributed by atoms with van der Waals surface area (Å²) in [5.41, 5.74) is 3.67. The highest BCUT2D eigenvalue weighted by atomic mass is 32.1. The Bertz CT molecular complexity index is 904. The van der Waals surface area contributed by atoms with E-state index in [4.69, 9.17) is 0 Å². The van der Waals surface area contributed by atoms with Crippen LogP contribution >= 0.6 is 11.3 Å². The molecule has 1 saturated carbocycles. The van der Waals surface area contributed by atoms with Gasteiger partial charge in [0.05, 0.1) is 5.69 Å². The van der Waals surface area contributed by atoms with Crippen molar-refractivity contribution in [2.24, 2.45) is 0 Å². The molecule has 2 heterocycles. The number of amides is 2. The van der Waals surface area contributed by atoms with Gasteiger partial charge in [-0.15, -0.1) is 11.3 Å². The smallest absolute Gasteiger partial charge is 0.319 e. The maximum absolute atomic E-state index is 12.1. The van der Waals surface area contributed by atoms with Crippen molar-refractivity contribution in [2.45, 2.75) is 38.1 Å². The highest BCUT2D eigenvalue weighted by Gasteiger charge is 2.15. The third-order valence-electron chi connectivity index (χ3n) is 4.81. The van der Waals surface area contributed by atoms with Gasteiger partial charge in [-0.25, -0.2) is 9.78 Å². The maximum Gasteiger partial charge on any atom is 0.319 e. The minimum atomic E-state index is -0.130. The molecule has 1 aliphatic carbocycles.